The van der Waals surface area contributed by atoms with Crippen molar-refractivity contribution in [2.45, 2.75) is 38.8 Å². The Hall–Kier alpha value is -2.16. The highest BCUT2D eigenvalue weighted by molar-refractivity contribution is 7.91. The van der Waals surface area contributed by atoms with E-state index in [1.165, 1.54) is 18.2 Å². The molecule has 26 heavy (non-hydrogen) atoms. The SMILES string of the molecule is CC(C)CC(NC(=O)NC1CCS(=O)(=O)C1)C(=O)Nc1ccccc1F. The topological polar surface area (TPSA) is 104 Å². The van der Waals surface area contributed by atoms with Gasteiger partial charge in [0.2, 0.25) is 5.91 Å². The quantitative estimate of drug-likeness (QED) is 0.693. The van der Waals surface area contributed by atoms with Gasteiger partial charge in [0.05, 0.1) is 17.2 Å². The summed E-state index contributed by atoms with van der Waals surface area (Å²) < 4.78 is 36.6. The highest BCUT2D eigenvalue weighted by Gasteiger charge is 2.30. The minimum absolute atomic E-state index is 0.0374. The molecule has 1 fully saturated rings. The molecular formula is C17H24FN3O4S. The van der Waals surface area contributed by atoms with Gasteiger partial charge in [0.1, 0.15) is 11.9 Å². The fourth-order valence-electron chi connectivity index (χ4n) is 2.78. The first-order valence-corrected chi connectivity index (χ1v) is 10.3. The molecule has 0 aromatic heterocycles. The maximum Gasteiger partial charge on any atom is 0.315 e. The van der Waals surface area contributed by atoms with E-state index >= 15 is 0 Å². The van der Waals surface area contributed by atoms with Crippen LogP contribution >= 0.6 is 0 Å². The maximum absolute atomic E-state index is 13.7. The second kappa shape index (κ2) is 8.48. The van der Waals surface area contributed by atoms with Crippen LogP contribution in [0.4, 0.5) is 14.9 Å². The molecule has 2 rings (SSSR count). The maximum atomic E-state index is 13.7. The van der Waals surface area contributed by atoms with Crippen LogP contribution in [0.2, 0.25) is 0 Å². The van der Waals surface area contributed by atoms with Crippen LogP contribution in [-0.4, -0.2) is 43.9 Å². The molecule has 144 valence electrons. The lowest BCUT2D eigenvalue weighted by molar-refractivity contribution is -0.118. The van der Waals surface area contributed by atoms with Gasteiger partial charge in [-0.3, -0.25) is 4.79 Å². The smallest absolute Gasteiger partial charge is 0.315 e. The number of carbonyl (C=O) groups excluding carboxylic acids is 2. The Morgan fingerprint density at radius 1 is 1.27 bits per heavy atom. The van der Waals surface area contributed by atoms with Crippen LogP contribution in [0.3, 0.4) is 0 Å². The molecule has 0 bridgehead atoms. The molecule has 9 heteroatoms. The lowest BCUT2D eigenvalue weighted by Gasteiger charge is -2.21. The van der Waals surface area contributed by atoms with E-state index in [0.717, 1.165) is 0 Å². The van der Waals surface area contributed by atoms with Crippen LogP contribution in [-0.2, 0) is 14.6 Å². The number of urea groups is 1. The fourth-order valence-corrected chi connectivity index (χ4v) is 4.45. The number of rotatable bonds is 6. The number of amides is 3. The standard InChI is InChI=1S/C17H24FN3O4S/c1-11(2)9-15(16(22)20-14-6-4-3-5-13(14)18)21-17(23)19-12-7-8-26(24,25)10-12/h3-6,11-12,15H,7-10H2,1-2H3,(H,20,22)(H2,19,21,23). The van der Waals surface area contributed by atoms with Gasteiger partial charge in [0.25, 0.3) is 0 Å². The van der Waals surface area contributed by atoms with E-state index in [1.54, 1.807) is 6.07 Å². The molecule has 2 atom stereocenters. The lowest BCUT2D eigenvalue weighted by Crippen LogP contribution is -2.51. The van der Waals surface area contributed by atoms with Gasteiger partial charge >= 0.3 is 6.03 Å². The third-order valence-electron chi connectivity index (χ3n) is 4.03. The lowest BCUT2D eigenvalue weighted by atomic mass is 10.0. The minimum atomic E-state index is -3.11. The third kappa shape index (κ3) is 5.98. The van der Waals surface area contributed by atoms with Crippen molar-refractivity contribution < 1.29 is 22.4 Å². The third-order valence-corrected chi connectivity index (χ3v) is 5.80. The zero-order chi connectivity index (χ0) is 19.3. The summed E-state index contributed by atoms with van der Waals surface area (Å²) in [5.41, 5.74) is 0.0374. The summed E-state index contributed by atoms with van der Waals surface area (Å²) in [7, 11) is -3.11. The summed E-state index contributed by atoms with van der Waals surface area (Å²) in [6.07, 6.45) is 0.711. The zero-order valence-corrected chi connectivity index (χ0v) is 15.6. The predicted octanol–water partition coefficient (Wildman–Crippen LogP) is 1.67. The Morgan fingerprint density at radius 3 is 2.54 bits per heavy atom. The van der Waals surface area contributed by atoms with Gasteiger partial charge in [0.15, 0.2) is 9.84 Å². The molecular weight excluding hydrogens is 361 g/mol. The number of carbonyl (C=O) groups is 2. The minimum Gasteiger partial charge on any atom is -0.334 e. The van der Waals surface area contributed by atoms with Crippen molar-refractivity contribution in [2.24, 2.45) is 5.92 Å². The molecule has 1 aliphatic heterocycles. The van der Waals surface area contributed by atoms with Gasteiger partial charge in [-0.1, -0.05) is 26.0 Å². The molecule has 0 spiro atoms. The van der Waals surface area contributed by atoms with Crippen molar-refractivity contribution in [3.8, 4) is 0 Å². The Bertz CT molecular complexity index is 767. The van der Waals surface area contributed by atoms with Crippen LogP contribution in [0, 0.1) is 11.7 Å². The van der Waals surface area contributed by atoms with Gasteiger partial charge in [-0.05, 0) is 30.9 Å². The summed E-state index contributed by atoms with van der Waals surface area (Å²) >= 11 is 0. The number of hydrogen-bond acceptors (Lipinski definition) is 4. The van der Waals surface area contributed by atoms with E-state index in [4.69, 9.17) is 0 Å². The van der Waals surface area contributed by atoms with Crippen molar-refractivity contribution >= 4 is 27.5 Å². The predicted molar refractivity (Wildman–Crippen MR) is 97.0 cm³/mol. The Kier molecular flexibility index (Phi) is 6.57. The largest absolute Gasteiger partial charge is 0.334 e. The number of benzene rings is 1. The van der Waals surface area contributed by atoms with Crippen LogP contribution in [0.15, 0.2) is 24.3 Å². The molecule has 1 heterocycles. The highest BCUT2D eigenvalue weighted by Crippen LogP contribution is 2.15. The first kappa shape index (κ1) is 20.2. The summed E-state index contributed by atoms with van der Waals surface area (Å²) in [5.74, 6) is -1.04. The monoisotopic (exact) mass is 385 g/mol. The number of halogens is 1. The van der Waals surface area contributed by atoms with E-state index in [1.807, 2.05) is 13.8 Å². The molecule has 7 nitrogen and oxygen atoms in total. The van der Waals surface area contributed by atoms with Crippen LogP contribution in [0.1, 0.15) is 26.7 Å². The summed E-state index contributed by atoms with van der Waals surface area (Å²) in [6, 6.07) is 3.83. The van der Waals surface area contributed by atoms with Gasteiger partial charge < -0.3 is 16.0 Å². The van der Waals surface area contributed by atoms with Crippen LogP contribution < -0.4 is 16.0 Å². The van der Waals surface area contributed by atoms with Crippen LogP contribution in [0.25, 0.3) is 0 Å². The van der Waals surface area contributed by atoms with Crippen molar-refractivity contribution in [1.29, 1.82) is 0 Å². The molecule has 0 radical (unpaired) electrons. The molecule has 1 aromatic carbocycles. The van der Waals surface area contributed by atoms with Gasteiger partial charge in [-0.2, -0.15) is 0 Å². The fraction of sp³-hybridized carbons (Fsp3) is 0.529. The number of para-hydroxylation sites is 1. The van der Waals surface area contributed by atoms with Gasteiger partial charge in [-0.25, -0.2) is 17.6 Å². The Labute approximate surface area is 152 Å². The summed E-state index contributed by atoms with van der Waals surface area (Å²) in [5, 5.41) is 7.62. The molecule has 1 aliphatic rings. The number of anilines is 1. The van der Waals surface area contributed by atoms with Crippen molar-refractivity contribution in [2.75, 3.05) is 16.8 Å². The highest BCUT2D eigenvalue weighted by atomic mass is 32.2. The number of sulfone groups is 1. The second-order valence-electron chi connectivity index (χ2n) is 6.87. The van der Waals surface area contributed by atoms with Crippen molar-refractivity contribution in [3.63, 3.8) is 0 Å². The number of nitrogens with one attached hydrogen (secondary N) is 3. The average molecular weight is 385 g/mol. The van der Waals surface area contributed by atoms with Crippen molar-refractivity contribution in [1.82, 2.24) is 10.6 Å². The average Bonchev–Trinajstić information content (AvgIpc) is 2.87. The molecule has 2 unspecified atom stereocenters. The first-order chi connectivity index (χ1) is 12.2. The molecule has 0 saturated carbocycles. The summed E-state index contributed by atoms with van der Waals surface area (Å²) in [6.45, 7) is 3.79. The molecule has 1 aromatic rings. The Balaban J connectivity index is 1.98. The van der Waals surface area contributed by atoms with Crippen molar-refractivity contribution in [3.05, 3.63) is 30.1 Å². The second-order valence-corrected chi connectivity index (χ2v) is 9.10. The van der Waals surface area contributed by atoms with E-state index in [0.29, 0.717) is 12.8 Å². The molecule has 0 aliphatic carbocycles. The zero-order valence-electron chi connectivity index (χ0n) is 14.8. The summed E-state index contributed by atoms with van der Waals surface area (Å²) in [4.78, 5) is 24.6. The first-order valence-electron chi connectivity index (χ1n) is 8.49. The normalized spacial score (nSPS) is 19.8. The van der Waals surface area contributed by atoms with E-state index < -0.39 is 39.7 Å². The van der Waals surface area contributed by atoms with Gasteiger partial charge in [-0.15, -0.1) is 0 Å². The molecule has 1 saturated heterocycles. The Morgan fingerprint density at radius 2 is 1.96 bits per heavy atom. The molecule has 3 N–H and O–H groups in total. The number of hydrogen-bond donors (Lipinski definition) is 3. The van der Waals surface area contributed by atoms with E-state index in [9.17, 15) is 22.4 Å². The molecule has 3 amide bonds. The van der Waals surface area contributed by atoms with Crippen LogP contribution in [0.5, 0.6) is 0 Å². The van der Waals surface area contributed by atoms with E-state index in [-0.39, 0.29) is 23.1 Å². The van der Waals surface area contributed by atoms with E-state index in [2.05, 4.69) is 16.0 Å². The van der Waals surface area contributed by atoms with Gasteiger partial charge in [0, 0.05) is 6.04 Å².